The summed E-state index contributed by atoms with van der Waals surface area (Å²) in [5, 5.41) is 3.96. The maximum atomic E-state index is 12.8. The quantitative estimate of drug-likeness (QED) is 0.457. The molecule has 162 valence electrons. The van der Waals surface area contributed by atoms with Gasteiger partial charge in [-0.15, -0.1) is 0 Å². The molecule has 3 aromatic carbocycles. The standard InChI is InChI=1S/C21H17Cl3N2O4S/c1-30-20-9-8-17(11-19(20)26-21(27)13-2-5-15(22)6-3-13)31(28,29)25-12-14-4-7-16(23)10-18(14)24/h2-11,25H,12H2,1H3,(H,26,27). The number of ether oxygens (including phenoxy) is 1. The summed E-state index contributed by atoms with van der Waals surface area (Å²) < 4.78 is 33.3. The smallest absolute Gasteiger partial charge is 0.255 e. The number of carbonyl (C=O) groups is 1. The van der Waals surface area contributed by atoms with Crippen molar-refractivity contribution in [2.45, 2.75) is 11.4 Å². The maximum absolute atomic E-state index is 12.8. The van der Waals surface area contributed by atoms with Gasteiger partial charge in [0, 0.05) is 27.2 Å². The van der Waals surface area contributed by atoms with Gasteiger partial charge in [-0.3, -0.25) is 4.79 Å². The Labute approximate surface area is 195 Å². The Balaban J connectivity index is 1.82. The molecule has 0 bridgehead atoms. The van der Waals surface area contributed by atoms with E-state index >= 15 is 0 Å². The van der Waals surface area contributed by atoms with Crippen molar-refractivity contribution in [1.29, 1.82) is 0 Å². The van der Waals surface area contributed by atoms with Gasteiger partial charge in [0.05, 0.1) is 17.7 Å². The number of sulfonamides is 1. The van der Waals surface area contributed by atoms with Crippen LogP contribution in [0.1, 0.15) is 15.9 Å². The molecule has 6 nitrogen and oxygen atoms in total. The van der Waals surface area contributed by atoms with Crippen LogP contribution in [-0.2, 0) is 16.6 Å². The molecular weight excluding hydrogens is 483 g/mol. The number of halogens is 3. The lowest BCUT2D eigenvalue weighted by Gasteiger charge is -2.13. The van der Waals surface area contributed by atoms with E-state index in [0.29, 0.717) is 31.9 Å². The van der Waals surface area contributed by atoms with E-state index in [1.807, 2.05) is 0 Å². The second-order valence-electron chi connectivity index (χ2n) is 6.38. The molecule has 0 saturated carbocycles. The number of hydrogen-bond donors (Lipinski definition) is 2. The van der Waals surface area contributed by atoms with Crippen LogP contribution in [0.5, 0.6) is 5.75 Å². The first-order chi connectivity index (χ1) is 14.7. The van der Waals surface area contributed by atoms with Crippen LogP contribution in [0.25, 0.3) is 0 Å². The third-order valence-electron chi connectivity index (χ3n) is 4.30. The molecular formula is C21H17Cl3N2O4S. The summed E-state index contributed by atoms with van der Waals surface area (Å²) in [5.41, 5.74) is 1.13. The predicted octanol–water partition coefficient (Wildman–Crippen LogP) is 5.39. The Morgan fingerprint density at radius 3 is 2.26 bits per heavy atom. The van der Waals surface area contributed by atoms with Gasteiger partial charge >= 0.3 is 0 Å². The largest absolute Gasteiger partial charge is 0.495 e. The van der Waals surface area contributed by atoms with E-state index in [1.165, 1.54) is 31.4 Å². The van der Waals surface area contributed by atoms with Crippen molar-refractivity contribution in [2.75, 3.05) is 12.4 Å². The number of amides is 1. The highest BCUT2D eigenvalue weighted by Crippen LogP contribution is 2.28. The monoisotopic (exact) mass is 498 g/mol. The van der Waals surface area contributed by atoms with Crippen molar-refractivity contribution in [3.05, 3.63) is 86.9 Å². The Bertz CT molecular complexity index is 1220. The Morgan fingerprint density at radius 1 is 0.935 bits per heavy atom. The van der Waals surface area contributed by atoms with Crippen molar-refractivity contribution in [3.8, 4) is 5.75 Å². The second kappa shape index (κ2) is 9.89. The third kappa shape index (κ3) is 5.90. The molecule has 3 rings (SSSR count). The summed E-state index contributed by atoms with van der Waals surface area (Å²) >= 11 is 17.8. The summed E-state index contributed by atoms with van der Waals surface area (Å²) in [5.74, 6) is -0.132. The first-order valence-corrected chi connectivity index (χ1v) is 11.5. The van der Waals surface area contributed by atoms with E-state index in [2.05, 4.69) is 10.0 Å². The topological polar surface area (TPSA) is 84.5 Å². The van der Waals surface area contributed by atoms with Crippen molar-refractivity contribution < 1.29 is 17.9 Å². The van der Waals surface area contributed by atoms with Crippen LogP contribution in [0.3, 0.4) is 0 Å². The van der Waals surface area contributed by atoms with Gasteiger partial charge in [-0.2, -0.15) is 0 Å². The molecule has 3 aromatic rings. The zero-order chi connectivity index (χ0) is 22.6. The molecule has 0 saturated heterocycles. The number of anilines is 1. The van der Waals surface area contributed by atoms with Crippen LogP contribution in [0.4, 0.5) is 5.69 Å². The van der Waals surface area contributed by atoms with Gasteiger partial charge < -0.3 is 10.1 Å². The van der Waals surface area contributed by atoms with Crippen molar-refractivity contribution in [3.63, 3.8) is 0 Å². The van der Waals surface area contributed by atoms with Crippen LogP contribution >= 0.6 is 34.8 Å². The highest BCUT2D eigenvalue weighted by molar-refractivity contribution is 7.89. The molecule has 10 heteroatoms. The highest BCUT2D eigenvalue weighted by Gasteiger charge is 2.18. The van der Waals surface area contributed by atoms with Gasteiger partial charge in [0.1, 0.15) is 5.75 Å². The Morgan fingerprint density at radius 2 is 1.61 bits per heavy atom. The van der Waals surface area contributed by atoms with Crippen LogP contribution < -0.4 is 14.8 Å². The lowest BCUT2D eigenvalue weighted by molar-refractivity contribution is 0.102. The molecule has 0 fully saturated rings. The first-order valence-electron chi connectivity index (χ1n) is 8.88. The molecule has 0 aliphatic carbocycles. The Hall–Kier alpha value is -2.29. The van der Waals surface area contributed by atoms with Crippen LogP contribution in [-0.4, -0.2) is 21.4 Å². The minimum Gasteiger partial charge on any atom is -0.495 e. The molecule has 0 aliphatic heterocycles. The number of hydrogen-bond acceptors (Lipinski definition) is 4. The summed E-state index contributed by atoms with van der Waals surface area (Å²) in [4.78, 5) is 12.5. The normalized spacial score (nSPS) is 11.2. The number of nitrogens with one attached hydrogen (secondary N) is 2. The molecule has 0 heterocycles. The van der Waals surface area contributed by atoms with E-state index in [-0.39, 0.29) is 17.1 Å². The van der Waals surface area contributed by atoms with E-state index in [9.17, 15) is 13.2 Å². The summed E-state index contributed by atoms with van der Waals surface area (Å²) in [7, 11) is -2.49. The number of methoxy groups -OCH3 is 1. The van der Waals surface area contributed by atoms with Gasteiger partial charge in [0.15, 0.2) is 0 Å². The maximum Gasteiger partial charge on any atom is 0.255 e. The van der Waals surface area contributed by atoms with Crippen LogP contribution in [0, 0.1) is 0 Å². The zero-order valence-corrected chi connectivity index (χ0v) is 19.2. The van der Waals surface area contributed by atoms with Gasteiger partial charge in [0.25, 0.3) is 5.91 Å². The van der Waals surface area contributed by atoms with E-state index in [0.717, 1.165) is 0 Å². The number of rotatable bonds is 7. The summed E-state index contributed by atoms with van der Waals surface area (Å²) in [6.07, 6.45) is 0. The average molecular weight is 500 g/mol. The van der Waals surface area contributed by atoms with Gasteiger partial charge in [-0.05, 0) is 60.2 Å². The lowest BCUT2D eigenvalue weighted by Crippen LogP contribution is -2.23. The molecule has 0 radical (unpaired) electrons. The second-order valence-corrected chi connectivity index (χ2v) is 9.43. The SMILES string of the molecule is COc1ccc(S(=O)(=O)NCc2ccc(Cl)cc2Cl)cc1NC(=O)c1ccc(Cl)cc1. The molecule has 31 heavy (non-hydrogen) atoms. The number of carbonyl (C=O) groups excluding carboxylic acids is 1. The Kier molecular flexibility index (Phi) is 7.46. The summed E-state index contributed by atoms with van der Waals surface area (Å²) in [6.45, 7) is -0.0309. The minimum atomic E-state index is -3.90. The summed E-state index contributed by atoms with van der Waals surface area (Å²) in [6, 6.07) is 15.2. The third-order valence-corrected chi connectivity index (χ3v) is 6.54. The minimum absolute atomic E-state index is 0.0309. The fraction of sp³-hybridized carbons (Fsp3) is 0.0952. The lowest BCUT2D eigenvalue weighted by atomic mass is 10.2. The van der Waals surface area contributed by atoms with Crippen molar-refractivity contribution >= 4 is 56.4 Å². The van der Waals surface area contributed by atoms with Crippen molar-refractivity contribution in [2.24, 2.45) is 0 Å². The number of benzene rings is 3. The molecule has 0 spiro atoms. The van der Waals surface area contributed by atoms with E-state index in [1.54, 1.807) is 36.4 Å². The molecule has 2 N–H and O–H groups in total. The van der Waals surface area contributed by atoms with Crippen LogP contribution in [0.2, 0.25) is 15.1 Å². The van der Waals surface area contributed by atoms with E-state index in [4.69, 9.17) is 39.5 Å². The highest BCUT2D eigenvalue weighted by atomic mass is 35.5. The molecule has 0 atom stereocenters. The predicted molar refractivity (Wildman–Crippen MR) is 123 cm³/mol. The van der Waals surface area contributed by atoms with Gasteiger partial charge in [0.2, 0.25) is 10.0 Å². The molecule has 1 amide bonds. The van der Waals surface area contributed by atoms with Gasteiger partial charge in [-0.1, -0.05) is 40.9 Å². The zero-order valence-electron chi connectivity index (χ0n) is 16.2. The molecule has 0 unspecified atom stereocenters. The first kappa shape index (κ1) is 23.4. The van der Waals surface area contributed by atoms with E-state index < -0.39 is 15.9 Å². The van der Waals surface area contributed by atoms with Crippen molar-refractivity contribution in [1.82, 2.24) is 4.72 Å². The fourth-order valence-corrected chi connectivity index (χ4v) is 4.30. The molecule has 0 aliphatic rings. The average Bonchev–Trinajstić information content (AvgIpc) is 2.73. The fourth-order valence-electron chi connectivity index (χ4n) is 2.67. The molecule has 0 aromatic heterocycles. The van der Waals surface area contributed by atoms with Gasteiger partial charge in [-0.25, -0.2) is 13.1 Å². The van der Waals surface area contributed by atoms with Crippen LogP contribution in [0.15, 0.2) is 65.6 Å².